The fourth-order valence-electron chi connectivity index (χ4n) is 2.88. The van der Waals surface area contributed by atoms with Crippen LogP contribution in [-0.4, -0.2) is 46.1 Å². The van der Waals surface area contributed by atoms with Gasteiger partial charge in [-0.1, -0.05) is 0 Å². The molecule has 2 unspecified atom stereocenters. The predicted octanol–water partition coefficient (Wildman–Crippen LogP) is 1.62. The lowest BCUT2D eigenvalue weighted by molar-refractivity contribution is -0.137. The highest BCUT2D eigenvalue weighted by molar-refractivity contribution is 5.68. The first-order valence-electron chi connectivity index (χ1n) is 6.48. The highest BCUT2D eigenvalue weighted by Crippen LogP contribution is 2.33. The Morgan fingerprint density at radius 2 is 2.50 bits per heavy atom. The van der Waals surface area contributed by atoms with Gasteiger partial charge in [-0.25, -0.2) is 4.98 Å². The van der Waals surface area contributed by atoms with Crippen molar-refractivity contribution in [3.63, 3.8) is 0 Å². The van der Waals surface area contributed by atoms with Crippen LogP contribution in [0.1, 0.15) is 36.7 Å². The molecular formula is C13H21N3O2. The van der Waals surface area contributed by atoms with Crippen LogP contribution in [0.5, 0.6) is 0 Å². The fraction of sp³-hybridized carbons (Fsp3) is 0.692. The van der Waals surface area contributed by atoms with Crippen LogP contribution in [0.2, 0.25) is 0 Å². The topological polar surface area (TPSA) is 69.2 Å². The molecule has 1 fully saturated rings. The second kappa shape index (κ2) is 5.52. The van der Waals surface area contributed by atoms with Gasteiger partial charge >= 0.3 is 5.97 Å². The van der Waals surface area contributed by atoms with E-state index in [2.05, 4.69) is 21.9 Å². The van der Waals surface area contributed by atoms with Gasteiger partial charge in [0.05, 0.1) is 6.42 Å². The molecule has 100 valence electrons. The molecule has 2 rings (SSSR count). The molecule has 0 saturated carbocycles. The van der Waals surface area contributed by atoms with Gasteiger partial charge in [0.15, 0.2) is 0 Å². The molecule has 5 heteroatoms. The summed E-state index contributed by atoms with van der Waals surface area (Å²) in [5.41, 5.74) is 0.968. The lowest BCUT2D eigenvalue weighted by Gasteiger charge is -2.34. The molecule has 0 amide bonds. The van der Waals surface area contributed by atoms with Gasteiger partial charge < -0.3 is 15.0 Å². The average Bonchev–Trinajstić information content (AvgIpc) is 2.72. The number of imidazole rings is 1. The Labute approximate surface area is 107 Å². The van der Waals surface area contributed by atoms with Crippen molar-refractivity contribution in [2.24, 2.45) is 5.92 Å². The van der Waals surface area contributed by atoms with Crippen LogP contribution in [0.3, 0.4) is 0 Å². The molecule has 1 aromatic heterocycles. The first kappa shape index (κ1) is 13.1. The highest BCUT2D eigenvalue weighted by Gasteiger charge is 2.29. The van der Waals surface area contributed by atoms with Gasteiger partial charge in [0, 0.05) is 24.4 Å². The normalized spacial score (nSPS) is 22.9. The summed E-state index contributed by atoms with van der Waals surface area (Å²) in [5.74, 6) is 0.566. The Hall–Kier alpha value is -1.36. The summed E-state index contributed by atoms with van der Waals surface area (Å²) in [4.78, 5) is 20.7. The molecule has 18 heavy (non-hydrogen) atoms. The number of nitrogens with one attached hydrogen (secondary N) is 1. The minimum Gasteiger partial charge on any atom is -0.481 e. The smallest absolute Gasteiger partial charge is 0.304 e. The Morgan fingerprint density at radius 3 is 3.06 bits per heavy atom. The maximum absolute atomic E-state index is 11.1. The summed E-state index contributed by atoms with van der Waals surface area (Å²) >= 11 is 0. The first-order valence-corrected chi connectivity index (χ1v) is 6.48. The van der Waals surface area contributed by atoms with Crippen LogP contribution in [0.25, 0.3) is 0 Å². The van der Waals surface area contributed by atoms with E-state index in [-0.39, 0.29) is 12.3 Å². The van der Waals surface area contributed by atoms with E-state index in [4.69, 9.17) is 5.11 Å². The lowest BCUT2D eigenvalue weighted by atomic mass is 9.82. The van der Waals surface area contributed by atoms with E-state index >= 15 is 0 Å². The SMILES string of the molecule is Cc1ncc(C(CC(=O)O)C2CCCN(C)C2)[nH]1. The molecule has 0 radical (unpaired) electrons. The summed E-state index contributed by atoms with van der Waals surface area (Å²) in [5, 5.41) is 9.10. The number of piperidine rings is 1. The number of aliphatic carboxylic acids is 1. The van der Waals surface area contributed by atoms with Gasteiger partial charge in [0.1, 0.15) is 5.82 Å². The minimum absolute atomic E-state index is 0.0476. The zero-order valence-electron chi connectivity index (χ0n) is 11.0. The number of rotatable bonds is 4. The third-order valence-electron chi connectivity index (χ3n) is 3.75. The molecule has 1 aliphatic rings. The van der Waals surface area contributed by atoms with Crippen molar-refractivity contribution in [2.45, 2.75) is 32.1 Å². The summed E-state index contributed by atoms with van der Waals surface area (Å²) in [7, 11) is 2.10. The fourth-order valence-corrected chi connectivity index (χ4v) is 2.88. The maximum atomic E-state index is 11.1. The van der Waals surface area contributed by atoms with Crippen LogP contribution in [0.4, 0.5) is 0 Å². The summed E-state index contributed by atoms with van der Waals surface area (Å²) in [6.07, 6.45) is 4.21. The van der Waals surface area contributed by atoms with Gasteiger partial charge in [-0.05, 0) is 39.3 Å². The van der Waals surface area contributed by atoms with Crippen LogP contribution < -0.4 is 0 Å². The van der Waals surface area contributed by atoms with Crippen LogP contribution >= 0.6 is 0 Å². The molecule has 0 bridgehead atoms. The minimum atomic E-state index is -0.736. The standard InChI is InChI=1S/C13H21N3O2/c1-9-14-7-12(15-9)11(6-13(17)18)10-4-3-5-16(2)8-10/h7,10-11H,3-6,8H2,1-2H3,(H,14,15)(H,17,18). The number of carboxylic acids is 1. The second-order valence-electron chi connectivity index (χ2n) is 5.29. The molecular weight excluding hydrogens is 230 g/mol. The monoisotopic (exact) mass is 251 g/mol. The van der Waals surface area contributed by atoms with E-state index in [1.54, 1.807) is 6.20 Å². The molecule has 1 aromatic rings. The van der Waals surface area contributed by atoms with E-state index in [9.17, 15) is 4.79 Å². The molecule has 1 saturated heterocycles. The molecule has 0 aromatic carbocycles. The second-order valence-corrected chi connectivity index (χ2v) is 5.29. The molecule has 5 nitrogen and oxygen atoms in total. The number of aryl methyl sites for hydroxylation is 1. The quantitative estimate of drug-likeness (QED) is 0.853. The third kappa shape index (κ3) is 3.10. The molecule has 0 aliphatic carbocycles. The van der Waals surface area contributed by atoms with Crippen molar-refractivity contribution in [1.82, 2.24) is 14.9 Å². The average molecular weight is 251 g/mol. The largest absolute Gasteiger partial charge is 0.481 e. The third-order valence-corrected chi connectivity index (χ3v) is 3.75. The number of carbonyl (C=O) groups is 1. The molecule has 0 spiro atoms. The molecule has 1 aliphatic heterocycles. The van der Waals surface area contributed by atoms with Crippen LogP contribution in [0.15, 0.2) is 6.20 Å². The number of aromatic nitrogens is 2. The van der Waals surface area contributed by atoms with Crippen LogP contribution in [0, 0.1) is 12.8 Å². The van der Waals surface area contributed by atoms with E-state index in [0.29, 0.717) is 5.92 Å². The predicted molar refractivity (Wildman–Crippen MR) is 68.5 cm³/mol. The summed E-state index contributed by atoms with van der Waals surface area (Å²) in [6.45, 7) is 3.97. The van der Waals surface area contributed by atoms with E-state index in [1.165, 1.54) is 0 Å². The Bertz CT molecular complexity index is 416. The highest BCUT2D eigenvalue weighted by atomic mass is 16.4. The zero-order chi connectivity index (χ0) is 13.1. The zero-order valence-corrected chi connectivity index (χ0v) is 11.0. The summed E-state index contributed by atoms with van der Waals surface area (Å²) in [6, 6.07) is 0. The number of carboxylic acid groups (broad SMARTS) is 1. The van der Waals surface area contributed by atoms with Crippen molar-refractivity contribution in [1.29, 1.82) is 0 Å². The molecule has 2 atom stereocenters. The van der Waals surface area contributed by atoms with Crippen molar-refractivity contribution in [3.05, 3.63) is 17.7 Å². The summed E-state index contributed by atoms with van der Waals surface area (Å²) < 4.78 is 0. The van der Waals surface area contributed by atoms with E-state index in [0.717, 1.165) is 37.4 Å². The molecule has 2 N–H and O–H groups in total. The van der Waals surface area contributed by atoms with Crippen LogP contribution in [-0.2, 0) is 4.79 Å². The number of likely N-dealkylation sites (tertiary alicyclic amines) is 1. The van der Waals surface area contributed by atoms with Gasteiger partial charge in [-0.15, -0.1) is 0 Å². The van der Waals surface area contributed by atoms with Crippen molar-refractivity contribution < 1.29 is 9.90 Å². The van der Waals surface area contributed by atoms with E-state index < -0.39 is 5.97 Å². The molecule has 2 heterocycles. The van der Waals surface area contributed by atoms with Crippen molar-refractivity contribution >= 4 is 5.97 Å². The van der Waals surface area contributed by atoms with Gasteiger partial charge in [0.2, 0.25) is 0 Å². The van der Waals surface area contributed by atoms with Crippen molar-refractivity contribution in [3.8, 4) is 0 Å². The first-order chi connectivity index (χ1) is 8.56. The van der Waals surface area contributed by atoms with Gasteiger partial charge in [0.25, 0.3) is 0 Å². The number of hydrogen-bond acceptors (Lipinski definition) is 3. The Morgan fingerprint density at radius 1 is 1.72 bits per heavy atom. The van der Waals surface area contributed by atoms with Gasteiger partial charge in [-0.2, -0.15) is 0 Å². The van der Waals surface area contributed by atoms with Gasteiger partial charge in [-0.3, -0.25) is 4.79 Å². The maximum Gasteiger partial charge on any atom is 0.304 e. The van der Waals surface area contributed by atoms with E-state index in [1.807, 2.05) is 6.92 Å². The number of hydrogen-bond donors (Lipinski definition) is 2. The number of H-pyrrole nitrogens is 1. The lowest BCUT2D eigenvalue weighted by Crippen LogP contribution is -2.35. The Balaban J connectivity index is 2.16. The Kier molecular flexibility index (Phi) is 4.01. The van der Waals surface area contributed by atoms with Crippen molar-refractivity contribution in [2.75, 3.05) is 20.1 Å². The number of aromatic amines is 1. The number of nitrogens with zero attached hydrogens (tertiary/aromatic N) is 2.